The van der Waals surface area contributed by atoms with E-state index in [9.17, 15) is 19.5 Å². The van der Waals surface area contributed by atoms with E-state index < -0.39 is 17.8 Å². The Hall–Kier alpha value is -4.94. The summed E-state index contributed by atoms with van der Waals surface area (Å²) in [6.45, 7) is 9.27. The normalized spacial score (nSPS) is 17.2. The zero-order valence-electron chi connectivity index (χ0n) is 25.0. The highest BCUT2D eigenvalue weighted by Crippen LogP contribution is 2.41. The van der Waals surface area contributed by atoms with Gasteiger partial charge in [-0.05, 0) is 76.1 Å². The molecule has 4 aromatic heterocycles. The Morgan fingerprint density at radius 3 is 2.70 bits per heavy atom. The third-order valence-corrected chi connectivity index (χ3v) is 8.26. The standard InChI is InChI=1S/C31H33N7O6/c1-16-21(18-11-19-14-34-38(30(41)42)26(19)32-13-18)7-8-22-24(16)37(20-5-6-20)27(39)23-25(22)43-28(35-23)36-10-9-17(15-36)12-33-29(40)44-31(2,3)4/h7-8,11,13-14,17,20H,5-6,9-10,12,15H2,1-4H3,(H,33,40)(H,41,42)/t17-/m1/s1. The molecule has 13 nitrogen and oxygen atoms in total. The van der Waals surface area contributed by atoms with E-state index in [1.165, 1.54) is 6.20 Å². The lowest BCUT2D eigenvalue weighted by molar-refractivity contribution is 0.0520. The zero-order valence-corrected chi connectivity index (χ0v) is 25.0. The first-order chi connectivity index (χ1) is 21.0. The first-order valence-electron chi connectivity index (χ1n) is 14.8. The quantitative estimate of drug-likeness (QED) is 0.279. The lowest BCUT2D eigenvalue weighted by atomic mass is 9.97. The number of hydrogen-bond acceptors (Lipinski definition) is 9. The molecule has 1 saturated heterocycles. The second-order valence-corrected chi connectivity index (χ2v) is 12.7. The summed E-state index contributed by atoms with van der Waals surface area (Å²) in [5.74, 6) is 0.191. The highest BCUT2D eigenvalue weighted by atomic mass is 16.6. The van der Waals surface area contributed by atoms with Crippen molar-refractivity contribution in [1.29, 1.82) is 0 Å². The van der Waals surface area contributed by atoms with Gasteiger partial charge in [-0.3, -0.25) is 4.79 Å². The first kappa shape index (κ1) is 27.9. The van der Waals surface area contributed by atoms with E-state index in [1.807, 2.05) is 55.4 Å². The summed E-state index contributed by atoms with van der Waals surface area (Å²) in [5.41, 5.74) is 3.65. The summed E-state index contributed by atoms with van der Waals surface area (Å²) >= 11 is 0. The molecule has 0 radical (unpaired) electrons. The number of nitrogens with one attached hydrogen (secondary N) is 1. The number of nitrogens with zero attached hydrogens (tertiary/aromatic N) is 6. The molecule has 7 rings (SSSR count). The topological polar surface area (TPSA) is 158 Å². The second-order valence-electron chi connectivity index (χ2n) is 12.7. The van der Waals surface area contributed by atoms with E-state index >= 15 is 0 Å². The van der Waals surface area contributed by atoms with Gasteiger partial charge in [-0.15, -0.1) is 4.68 Å². The van der Waals surface area contributed by atoms with E-state index in [4.69, 9.17) is 14.1 Å². The van der Waals surface area contributed by atoms with Gasteiger partial charge >= 0.3 is 12.2 Å². The van der Waals surface area contributed by atoms with Crippen molar-refractivity contribution in [1.82, 2.24) is 29.6 Å². The number of fused-ring (bicyclic) bond motifs is 4. The molecule has 1 amide bonds. The SMILES string of the molecule is Cc1c(-c2cnc3c(cnn3C(=O)O)c2)ccc2c3oc(N4CC[C@H](CNC(=O)OC(C)(C)C)C4)nc3c(=O)n(C3CC3)c12. The molecular weight excluding hydrogens is 566 g/mol. The third kappa shape index (κ3) is 4.81. The summed E-state index contributed by atoms with van der Waals surface area (Å²) in [7, 11) is 0. The molecule has 1 saturated carbocycles. The van der Waals surface area contributed by atoms with Crippen LogP contribution in [0.1, 0.15) is 51.6 Å². The first-order valence-corrected chi connectivity index (χ1v) is 14.8. The van der Waals surface area contributed by atoms with Crippen LogP contribution < -0.4 is 15.8 Å². The molecule has 1 aliphatic heterocycles. The van der Waals surface area contributed by atoms with Crippen molar-refractivity contribution >= 4 is 51.2 Å². The number of carbonyl (C=O) groups is 2. The van der Waals surface area contributed by atoms with Gasteiger partial charge in [-0.25, -0.2) is 14.6 Å². The van der Waals surface area contributed by atoms with Crippen LogP contribution in [0.5, 0.6) is 0 Å². The summed E-state index contributed by atoms with van der Waals surface area (Å²) in [5, 5.41) is 17.6. The molecule has 1 aromatic carbocycles. The minimum atomic E-state index is -1.20. The summed E-state index contributed by atoms with van der Waals surface area (Å²) < 4.78 is 14.4. The van der Waals surface area contributed by atoms with Crippen LogP contribution in [0.4, 0.5) is 15.6 Å². The number of carboxylic acid groups (broad SMARTS) is 1. The van der Waals surface area contributed by atoms with Crippen molar-refractivity contribution in [3.63, 3.8) is 0 Å². The number of aromatic nitrogens is 5. The average Bonchev–Trinajstić information content (AvgIpc) is 3.33. The molecule has 5 heterocycles. The molecule has 0 unspecified atom stereocenters. The van der Waals surface area contributed by atoms with E-state index in [0.29, 0.717) is 42.1 Å². The van der Waals surface area contributed by atoms with Gasteiger partial charge in [-0.1, -0.05) is 6.07 Å². The van der Waals surface area contributed by atoms with Crippen LogP contribution in [0, 0.1) is 12.8 Å². The minimum Gasteiger partial charge on any atom is -0.463 e. The van der Waals surface area contributed by atoms with Crippen molar-refractivity contribution in [3.05, 3.63) is 46.5 Å². The van der Waals surface area contributed by atoms with E-state index in [1.54, 1.807) is 6.20 Å². The highest BCUT2D eigenvalue weighted by Gasteiger charge is 2.32. The number of amides is 1. The maximum atomic E-state index is 13.9. The molecule has 0 bridgehead atoms. The maximum Gasteiger partial charge on any atom is 0.434 e. The number of ether oxygens (including phenoxy) is 1. The number of alkyl carbamates (subject to hydrolysis) is 1. The van der Waals surface area contributed by atoms with Crippen LogP contribution >= 0.6 is 0 Å². The zero-order chi connectivity index (χ0) is 30.9. The minimum absolute atomic E-state index is 0.0907. The maximum absolute atomic E-state index is 13.9. The van der Waals surface area contributed by atoms with Crippen LogP contribution in [-0.2, 0) is 4.74 Å². The Bertz CT molecular complexity index is 2030. The lowest BCUT2D eigenvalue weighted by Gasteiger charge is -2.20. The van der Waals surface area contributed by atoms with Gasteiger partial charge in [0.15, 0.2) is 16.7 Å². The number of anilines is 1. The predicted octanol–water partition coefficient (Wildman–Crippen LogP) is 5.07. The molecule has 44 heavy (non-hydrogen) atoms. The molecule has 2 aliphatic rings. The molecule has 1 aliphatic carbocycles. The van der Waals surface area contributed by atoms with Gasteiger partial charge < -0.3 is 29.0 Å². The fourth-order valence-corrected chi connectivity index (χ4v) is 6.10. The van der Waals surface area contributed by atoms with Crippen molar-refractivity contribution in [2.75, 3.05) is 24.5 Å². The number of aryl methyl sites for hydroxylation is 1. The Labute approximate surface area is 251 Å². The van der Waals surface area contributed by atoms with Crippen molar-refractivity contribution in [2.24, 2.45) is 5.92 Å². The van der Waals surface area contributed by atoms with Crippen molar-refractivity contribution in [3.8, 4) is 11.1 Å². The van der Waals surface area contributed by atoms with Crippen LogP contribution in [0.25, 0.3) is 44.2 Å². The summed E-state index contributed by atoms with van der Waals surface area (Å²) in [6.07, 6.45) is 4.13. The number of hydrogen-bond donors (Lipinski definition) is 2. The summed E-state index contributed by atoms with van der Waals surface area (Å²) in [6, 6.07) is 6.27. The second kappa shape index (κ2) is 10.1. The number of pyridine rings is 2. The average molecular weight is 600 g/mol. The Balaban J connectivity index is 1.24. The largest absolute Gasteiger partial charge is 0.463 e. The fraction of sp³-hybridized carbons (Fsp3) is 0.419. The van der Waals surface area contributed by atoms with Crippen molar-refractivity contribution < 1.29 is 23.8 Å². The Kier molecular flexibility index (Phi) is 6.38. The lowest BCUT2D eigenvalue weighted by Crippen LogP contribution is -2.36. The molecule has 2 fully saturated rings. The number of benzene rings is 1. The van der Waals surface area contributed by atoms with Gasteiger partial charge in [0.25, 0.3) is 11.6 Å². The van der Waals surface area contributed by atoms with Crippen LogP contribution in [0.2, 0.25) is 0 Å². The third-order valence-electron chi connectivity index (χ3n) is 8.26. The van der Waals surface area contributed by atoms with Crippen LogP contribution in [0.15, 0.2) is 39.8 Å². The van der Waals surface area contributed by atoms with E-state index in [-0.39, 0.29) is 23.2 Å². The van der Waals surface area contributed by atoms with Crippen LogP contribution in [-0.4, -0.2) is 66.8 Å². The Morgan fingerprint density at radius 1 is 1.18 bits per heavy atom. The molecule has 13 heteroatoms. The predicted molar refractivity (Wildman–Crippen MR) is 163 cm³/mol. The molecule has 5 aromatic rings. The fourth-order valence-electron chi connectivity index (χ4n) is 6.10. The van der Waals surface area contributed by atoms with Gasteiger partial charge in [-0.2, -0.15) is 10.1 Å². The van der Waals surface area contributed by atoms with Gasteiger partial charge in [0, 0.05) is 48.2 Å². The molecular formula is C31H33N7O6. The van der Waals surface area contributed by atoms with Crippen LogP contribution in [0.3, 0.4) is 0 Å². The van der Waals surface area contributed by atoms with E-state index in [2.05, 4.69) is 15.4 Å². The molecule has 1 atom stereocenters. The van der Waals surface area contributed by atoms with Gasteiger partial charge in [0.2, 0.25) is 0 Å². The number of carbonyl (C=O) groups excluding carboxylic acids is 1. The summed E-state index contributed by atoms with van der Waals surface area (Å²) in [4.78, 5) is 48.6. The highest BCUT2D eigenvalue weighted by molar-refractivity contribution is 6.04. The molecule has 0 spiro atoms. The monoisotopic (exact) mass is 599 g/mol. The van der Waals surface area contributed by atoms with Gasteiger partial charge in [0.05, 0.1) is 11.7 Å². The van der Waals surface area contributed by atoms with Crippen molar-refractivity contribution in [2.45, 2.75) is 58.6 Å². The van der Waals surface area contributed by atoms with E-state index in [0.717, 1.165) is 51.5 Å². The van der Waals surface area contributed by atoms with Gasteiger partial charge in [0.1, 0.15) is 5.60 Å². The molecule has 228 valence electrons. The smallest absolute Gasteiger partial charge is 0.434 e. The number of oxazole rings is 1. The Morgan fingerprint density at radius 2 is 1.98 bits per heavy atom. The number of rotatable bonds is 5. The molecule has 2 N–H and O–H groups in total.